The molecule has 5 aliphatic heterocycles. The van der Waals surface area contributed by atoms with Crippen molar-refractivity contribution in [2.75, 3.05) is 26.4 Å². The first kappa shape index (κ1) is 15.9. The fourth-order valence-electron chi connectivity index (χ4n) is 5.89. The molecule has 6 heterocycles. The first-order valence-corrected chi connectivity index (χ1v) is 10.1. The van der Waals surface area contributed by atoms with E-state index < -0.39 is 0 Å². The number of nitrogens with zero attached hydrogens (tertiary/aromatic N) is 3. The van der Waals surface area contributed by atoms with Crippen molar-refractivity contribution in [2.24, 2.45) is 5.92 Å². The minimum atomic E-state index is 0.344. The van der Waals surface area contributed by atoms with Crippen LogP contribution in [0.2, 0.25) is 0 Å². The van der Waals surface area contributed by atoms with Gasteiger partial charge >= 0.3 is 0 Å². The van der Waals surface area contributed by atoms with E-state index in [-0.39, 0.29) is 0 Å². The number of piperidine rings is 3. The van der Waals surface area contributed by atoms with E-state index in [1.807, 2.05) is 12.4 Å². The van der Waals surface area contributed by atoms with Crippen LogP contribution in [-0.2, 0) is 6.54 Å². The van der Waals surface area contributed by atoms with Crippen molar-refractivity contribution in [3.63, 3.8) is 0 Å². The van der Waals surface area contributed by atoms with Gasteiger partial charge in [-0.2, -0.15) is 0 Å². The summed E-state index contributed by atoms with van der Waals surface area (Å²) in [6.45, 7) is 4.97. The lowest BCUT2D eigenvalue weighted by molar-refractivity contribution is -0.00871. The number of aromatic nitrogens is 1. The van der Waals surface area contributed by atoms with Gasteiger partial charge < -0.3 is 9.47 Å². The van der Waals surface area contributed by atoms with Crippen molar-refractivity contribution >= 4 is 0 Å². The fourth-order valence-corrected chi connectivity index (χ4v) is 5.89. The maximum atomic E-state index is 5.66. The van der Waals surface area contributed by atoms with Gasteiger partial charge in [0.05, 0.1) is 0 Å². The minimum Gasteiger partial charge on any atom is -0.454 e. The van der Waals surface area contributed by atoms with Gasteiger partial charge in [-0.1, -0.05) is 12.1 Å². The zero-order valence-electron chi connectivity index (χ0n) is 15.5. The summed E-state index contributed by atoms with van der Waals surface area (Å²) in [5, 5.41) is 0. The summed E-state index contributed by atoms with van der Waals surface area (Å²) in [5.41, 5.74) is 2.72. The lowest BCUT2D eigenvalue weighted by Crippen LogP contribution is -2.59. The van der Waals surface area contributed by atoms with E-state index in [0.29, 0.717) is 24.8 Å². The average Bonchev–Trinajstić information content (AvgIpc) is 3.35. The Balaban J connectivity index is 1.35. The van der Waals surface area contributed by atoms with Crippen LogP contribution < -0.4 is 9.47 Å². The normalized spacial score (nSPS) is 34.0. The average molecular weight is 363 g/mol. The number of rotatable bonds is 3. The predicted octanol–water partition coefficient (Wildman–Crippen LogP) is 2.87. The Labute approximate surface area is 159 Å². The van der Waals surface area contributed by atoms with Crippen LogP contribution in [0.3, 0.4) is 0 Å². The van der Waals surface area contributed by atoms with Gasteiger partial charge in [0.1, 0.15) is 0 Å². The van der Waals surface area contributed by atoms with Crippen molar-refractivity contribution in [3.05, 3.63) is 53.9 Å². The molecule has 0 amide bonds. The number of ether oxygens (including phenoxy) is 2. The maximum Gasteiger partial charge on any atom is 0.231 e. The molecule has 0 aliphatic carbocycles. The first-order chi connectivity index (χ1) is 13.4. The van der Waals surface area contributed by atoms with Crippen LogP contribution in [0.5, 0.6) is 11.5 Å². The summed E-state index contributed by atoms with van der Waals surface area (Å²) in [6, 6.07) is 12.1. The molecule has 5 nitrogen and oxygen atoms in total. The summed E-state index contributed by atoms with van der Waals surface area (Å²) in [5.74, 6) is 3.15. The molecular formula is C22H25N3O2. The molecule has 2 bridgehead atoms. The van der Waals surface area contributed by atoms with Gasteiger partial charge in [0.15, 0.2) is 11.5 Å². The van der Waals surface area contributed by atoms with Crippen molar-refractivity contribution in [3.8, 4) is 11.5 Å². The predicted molar refractivity (Wildman–Crippen MR) is 102 cm³/mol. The third-order valence-corrected chi connectivity index (χ3v) is 7.03. The molecular weight excluding hydrogens is 338 g/mol. The molecule has 4 saturated heterocycles. The number of likely N-dealkylation sites (tertiary alicyclic amines) is 1. The highest BCUT2D eigenvalue weighted by atomic mass is 16.7. The minimum absolute atomic E-state index is 0.344. The Morgan fingerprint density at radius 2 is 1.93 bits per heavy atom. The van der Waals surface area contributed by atoms with Gasteiger partial charge in [-0.25, -0.2) is 0 Å². The highest BCUT2D eigenvalue weighted by Gasteiger charge is 2.53. The standard InChI is InChI=1S/C22H25N3O2/c1-2-15(11-23-7-1)12-25-13-18(17-3-4-19-20(10-17)27-14-26-19)22-21(25)16-5-8-24(22)9-6-16/h1-4,7,10-11,16,18,21-22H,5-6,8-9,12-14H2/t18-,21+,22+/m0/s1. The van der Waals surface area contributed by atoms with Crippen LogP contribution in [0.1, 0.15) is 29.9 Å². The molecule has 1 aromatic carbocycles. The highest BCUT2D eigenvalue weighted by Crippen LogP contribution is 2.48. The van der Waals surface area contributed by atoms with Gasteiger partial charge in [-0.3, -0.25) is 14.8 Å². The Hall–Kier alpha value is -2.11. The van der Waals surface area contributed by atoms with Crippen LogP contribution in [0, 0.1) is 5.92 Å². The maximum absolute atomic E-state index is 5.66. The summed E-state index contributed by atoms with van der Waals surface area (Å²) in [6.07, 6.45) is 6.57. The van der Waals surface area contributed by atoms with Crippen molar-refractivity contribution in [1.29, 1.82) is 0 Å². The summed E-state index contributed by atoms with van der Waals surface area (Å²) >= 11 is 0. The number of hydrogen-bond donors (Lipinski definition) is 0. The Morgan fingerprint density at radius 1 is 1.04 bits per heavy atom. The lowest BCUT2D eigenvalue weighted by Gasteiger charge is -2.51. The topological polar surface area (TPSA) is 37.8 Å². The second-order valence-electron chi connectivity index (χ2n) is 8.36. The van der Waals surface area contributed by atoms with Crippen LogP contribution in [0.25, 0.3) is 0 Å². The molecule has 0 spiro atoms. The molecule has 1 aromatic heterocycles. The zero-order chi connectivity index (χ0) is 17.8. The van der Waals surface area contributed by atoms with Gasteiger partial charge in [0, 0.05) is 43.5 Å². The Bertz CT molecular complexity index is 835. The number of benzene rings is 1. The SMILES string of the molecule is c1cncc(CN2C[C@@H](c3ccc4c(c3)OCO4)[C@@H]3[C@H]2C2CCN3CC2)c1. The van der Waals surface area contributed by atoms with Gasteiger partial charge in [0.25, 0.3) is 0 Å². The van der Waals surface area contributed by atoms with E-state index >= 15 is 0 Å². The number of hydrogen-bond acceptors (Lipinski definition) is 5. The van der Waals surface area contributed by atoms with E-state index in [1.54, 1.807) is 0 Å². The molecule has 2 aromatic rings. The molecule has 27 heavy (non-hydrogen) atoms. The van der Waals surface area contributed by atoms with Crippen LogP contribution >= 0.6 is 0 Å². The van der Waals surface area contributed by atoms with E-state index in [1.165, 1.54) is 37.1 Å². The van der Waals surface area contributed by atoms with E-state index in [9.17, 15) is 0 Å². The van der Waals surface area contributed by atoms with Crippen molar-refractivity contribution < 1.29 is 9.47 Å². The van der Waals surface area contributed by atoms with Gasteiger partial charge in [-0.15, -0.1) is 0 Å². The Kier molecular flexibility index (Phi) is 3.66. The summed E-state index contributed by atoms with van der Waals surface area (Å²) in [7, 11) is 0. The smallest absolute Gasteiger partial charge is 0.231 e. The molecule has 7 rings (SSSR count). The molecule has 4 fully saturated rings. The molecule has 5 aliphatic rings. The van der Waals surface area contributed by atoms with E-state index in [4.69, 9.17) is 9.47 Å². The van der Waals surface area contributed by atoms with E-state index in [0.717, 1.165) is 30.5 Å². The van der Waals surface area contributed by atoms with Crippen LogP contribution in [-0.4, -0.2) is 53.3 Å². The number of pyridine rings is 1. The monoisotopic (exact) mass is 363 g/mol. The van der Waals surface area contributed by atoms with Crippen molar-refractivity contribution in [2.45, 2.75) is 37.4 Å². The molecule has 0 unspecified atom stereocenters. The quantitative estimate of drug-likeness (QED) is 0.838. The molecule has 0 N–H and O–H groups in total. The van der Waals surface area contributed by atoms with E-state index in [2.05, 4.69) is 45.1 Å². The largest absolute Gasteiger partial charge is 0.454 e. The van der Waals surface area contributed by atoms with Crippen molar-refractivity contribution in [1.82, 2.24) is 14.8 Å². The zero-order valence-corrected chi connectivity index (χ0v) is 15.5. The number of fused-ring (bicyclic) bond motifs is 3. The highest BCUT2D eigenvalue weighted by molar-refractivity contribution is 5.46. The lowest BCUT2D eigenvalue weighted by atomic mass is 9.75. The van der Waals surface area contributed by atoms with Gasteiger partial charge in [-0.05, 0) is 61.2 Å². The molecule has 140 valence electrons. The van der Waals surface area contributed by atoms with Gasteiger partial charge in [0.2, 0.25) is 6.79 Å². The van der Waals surface area contributed by atoms with Crippen LogP contribution in [0.4, 0.5) is 0 Å². The summed E-state index contributed by atoms with van der Waals surface area (Å²) in [4.78, 5) is 9.81. The Morgan fingerprint density at radius 3 is 2.78 bits per heavy atom. The second kappa shape index (κ2) is 6.21. The summed E-state index contributed by atoms with van der Waals surface area (Å²) < 4.78 is 11.2. The molecule has 0 radical (unpaired) electrons. The second-order valence-corrected chi connectivity index (χ2v) is 8.36. The molecule has 0 saturated carbocycles. The molecule has 5 heteroatoms. The third kappa shape index (κ3) is 2.56. The molecule has 3 atom stereocenters. The first-order valence-electron chi connectivity index (χ1n) is 10.1. The fraction of sp³-hybridized carbons (Fsp3) is 0.500. The third-order valence-electron chi connectivity index (χ3n) is 7.03. The van der Waals surface area contributed by atoms with Crippen LogP contribution in [0.15, 0.2) is 42.7 Å².